The van der Waals surface area contributed by atoms with Crippen molar-refractivity contribution >= 4 is 5.97 Å². The molecule has 0 amide bonds. The lowest BCUT2D eigenvalue weighted by molar-refractivity contribution is -0.139. The van der Waals surface area contributed by atoms with Crippen LogP contribution in [0.3, 0.4) is 0 Å². The van der Waals surface area contributed by atoms with Gasteiger partial charge in [-0.15, -0.1) is 0 Å². The molecule has 1 saturated carbocycles. The van der Waals surface area contributed by atoms with E-state index < -0.39 is 5.97 Å². The minimum atomic E-state index is -0.714. The number of rotatable bonds is 6. The molecule has 1 aliphatic heterocycles. The molecule has 1 heterocycles. The first-order chi connectivity index (χ1) is 9.72. The highest BCUT2D eigenvalue weighted by Crippen LogP contribution is 2.21. The van der Waals surface area contributed by atoms with Crippen molar-refractivity contribution in [2.24, 2.45) is 0 Å². The van der Waals surface area contributed by atoms with E-state index in [2.05, 4.69) is 34.5 Å². The van der Waals surface area contributed by atoms with Crippen molar-refractivity contribution in [3.8, 4) is 0 Å². The van der Waals surface area contributed by atoms with Gasteiger partial charge in [0.2, 0.25) is 0 Å². The molecule has 1 aromatic carbocycles. The monoisotopic (exact) mass is 274 g/mol. The molecule has 108 valence electrons. The fourth-order valence-electron chi connectivity index (χ4n) is 2.87. The summed E-state index contributed by atoms with van der Waals surface area (Å²) < 4.78 is 0. The molecule has 4 heteroatoms. The number of nitrogens with one attached hydrogen (secondary N) is 1. The first kappa shape index (κ1) is 13.6. The second kappa shape index (κ2) is 5.94. The van der Waals surface area contributed by atoms with Gasteiger partial charge in [-0.2, -0.15) is 0 Å². The van der Waals surface area contributed by atoms with E-state index in [9.17, 15) is 9.90 Å². The van der Waals surface area contributed by atoms with Gasteiger partial charge in [-0.3, -0.25) is 9.69 Å². The van der Waals surface area contributed by atoms with Crippen LogP contribution in [-0.2, 0) is 17.8 Å². The van der Waals surface area contributed by atoms with E-state index in [0.29, 0.717) is 12.5 Å². The molecule has 3 rings (SSSR count). The normalized spacial score (nSPS) is 20.4. The van der Waals surface area contributed by atoms with Crippen LogP contribution in [-0.4, -0.2) is 41.1 Å². The van der Waals surface area contributed by atoms with Crippen LogP contribution in [0.5, 0.6) is 0 Å². The van der Waals surface area contributed by atoms with E-state index in [1.807, 2.05) is 0 Å². The Hall–Kier alpha value is -1.39. The largest absolute Gasteiger partial charge is 0.480 e. The van der Waals surface area contributed by atoms with Crippen LogP contribution in [0.4, 0.5) is 0 Å². The van der Waals surface area contributed by atoms with Gasteiger partial charge in [0.25, 0.3) is 0 Å². The topological polar surface area (TPSA) is 52.6 Å². The summed E-state index contributed by atoms with van der Waals surface area (Å²) in [7, 11) is 0. The number of hydrogen-bond acceptors (Lipinski definition) is 3. The van der Waals surface area contributed by atoms with Gasteiger partial charge in [-0.05, 0) is 36.8 Å². The third-order valence-electron chi connectivity index (χ3n) is 4.26. The molecule has 1 unspecified atom stereocenters. The molecule has 0 bridgehead atoms. The van der Waals surface area contributed by atoms with Gasteiger partial charge in [0.1, 0.15) is 6.04 Å². The third kappa shape index (κ3) is 3.38. The molecule has 20 heavy (non-hydrogen) atoms. The zero-order chi connectivity index (χ0) is 13.9. The second-order valence-corrected chi connectivity index (χ2v) is 5.92. The highest BCUT2D eigenvalue weighted by atomic mass is 16.4. The number of hydrogen-bond donors (Lipinski definition) is 2. The van der Waals surface area contributed by atoms with Crippen molar-refractivity contribution in [1.29, 1.82) is 0 Å². The fourth-order valence-corrected chi connectivity index (χ4v) is 2.87. The molecule has 2 N–H and O–H groups in total. The summed E-state index contributed by atoms with van der Waals surface area (Å²) in [5, 5.41) is 12.5. The fraction of sp³-hybridized carbons (Fsp3) is 0.562. The molecule has 1 aliphatic carbocycles. The van der Waals surface area contributed by atoms with Gasteiger partial charge < -0.3 is 10.4 Å². The van der Waals surface area contributed by atoms with Crippen molar-refractivity contribution in [3.63, 3.8) is 0 Å². The maximum Gasteiger partial charge on any atom is 0.320 e. The molecular weight excluding hydrogens is 252 g/mol. The second-order valence-electron chi connectivity index (χ2n) is 5.92. The average Bonchev–Trinajstić information content (AvgIpc) is 3.27. The SMILES string of the molecule is O=C(O)C(CCN1CCc2ccccc2C1)NC1CC1. The molecule has 2 aliphatic rings. The Morgan fingerprint density at radius 1 is 1.35 bits per heavy atom. The van der Waals surface area contributed by atoms with Crippen LogP contribution in [0.25, 0.3) is 0 Å². The number of carbonyl (C=O) groups is 1. The van der Waals surface area contributed by atoms with E-state index in [1.54, 1.807) is 0 Å². The predicted octanol–water partition coefficient (Wildman–Crippen LogP) is 1.64. The van der Waals surface area contributed by atoms with Crippen molar-refractivity contribution in [3.05, 3.63) is 35.4 Å². The molecule has 4 nitrogen and oxygen atoms in total. The lowest BCUT2D eigenvalue weighted by Crippen LogP contribution is -2.42. The summed E-state index contributed by atoms with van der Waals surface area (Å²) in [6.07, 6.45) is 4.01. The summed E-state index contributed by atoms with van der Waals surface area (Å²) in [4.78, 5) is 13.6. The van der Waals surface area contributed by atoms with Crippen LogP contribution in [0.2, 0.25) is 0 Å². The highest BCUT2D eigenvalue weighted by Gasteiger charge is 2.28. The number of carboxylic acids is 1. The van der Waals surface area contributed by atoms with Gasteiger partial charge in [0.05, 0.1) is 0 Å². The average molecular weight is 274 g/mol. The van der Waals surface area contributed by atoms with Gasteiger partial charge in [0, 0.05) is 25.7 Å². The van der Waals surface area contributed by atoms with Crippen LogP contribution in [0.15, 0.2) is 24.3 Å². The third-order valence-corrected chi connectivity index (χ3v) is 4.26. The lowest BCUT2D eigenvalue weighted by atomic mass is 9.99. The van der Waals surface area contributed by atoms with E-state index in [1.165, 1.54) is 11.1 Å². The molecule has 0 spiro atoms. The Kier molecular flexibility index (Phi) is 4.03. The van der Waals surface area contributed by atoms with Crippen LogP contribution in [0, 0.1) is 0 Å². The van der Waals surface area contributed by atoms with Crippen LogP contribution < -0.4 is 5.32 Å². The van der Waals surface area contributed by atoms with Crippen molar-refractivity contribution in [2.75, 3.05) is 13.1 Å². The maximum atomic E-state index is 11.3. The summed E-state index contributed by atoms with van der Waals surface area (Å²) in [6, 6.07) is 8.60. The van der Waals surface area contributed by atoms with Crippen molar-refractivity contribution in [2.45, 2.75) is 44.3 Å². The maximum absolute atomic E-state index is 11.3. The first-order valence-electron chi connectivity index (χ1n) is 7.50. The molecular formula is C16H22N2O2. The Bertz CT molecular complexity index is 485. The summed E-state index contributed by atoms with van der Waals surface area (Å²) in [5.74, 6) is -0.714. The molecule has 0 saturated heterocycles. The predicted molar refractivity (Wildman–Crippen MR) is 77.6 cm³/mol. The minimum Gasteiger partial charge on any atom is -0.480 e. The van der Waals surface area contributed by atoms with Crippen LogP contribution >= 0.6 is 0 Å². The zero-order valence-electron chi connectivity index (χ0n) is 11.7. The smallest absolute Gasteiger partial charge is 0.320 e. The summed E-state index contributed by atoms with van der Waals surface area (Å²) in [6.45, 7) is 2.84. The zero-order valence-corrected chi connectivity index (χ0v) is 11.7. The Morgan fingerprint density at radius 3 is 2.80 bits per heavy atom. The van der Waals surface area contributed by atoms with E-state index in [0.717, 1.165) is 38.9 Å². The van der Waals surface area contributed by atoms with E-state index in [4.69, 9.17) is 0 Å². The Morgan fingerprint density at radius 2 is 2.10 bits per heavy atom. The van der Waals surface area contributed by atoms with Gasteiger partial charge in [-0.1, -0.05) is 24.3 Å². The minimum absolute atomic E-state index is 0.389. The summed E-state index contributed by atoms with van der Waals surface area (Å²) >= 11 is 0. The van der Waals surface area contributed by atoms with Crippen molar-refractivity contribution in [1.82, 2.24) is 10.2 Å². The standard InChI is InChI=1S/C16H22N2O2/c19-16(20)15(17-14-5-6-14)8-10-18-9-7-12-3-1-2-4-13(12)11-18/h1-4,14-15,17H,5-11H2,(H,19,20). The Labute approximate surface area is 119 Å². The van der Waals surface area contributed by atoms with E-state index in [-0.39, 0.29) is 6.04 Å². The summed E-state index contributed by atoms with van der Waals surface area (Å²) in [5.41, 5.74) is 2.83. The number of carboxylic acid groups (broad SMARTS) is 1. The molecule has 1 fully saturated rings. The number of aliphatic carboxylic acids is 1. The molecule has 0 aromatic heterocycles. The lowest BCUT2D eigenvalue weighted by Gasteiger charge is -2.29. The molecule has 1 aromatic rings. The molecule has 1 atom stereocenters. The number of fused-ring (bicyclic) bond motifs is 1. The number of nitrogens with zero attached hydrogens (tertiary/aromatic N) is 1. The van der Waals surface area contributed by atoms with Crippen molar-refractivity contribution < 1.29 is 9.90 Å². The van der Waals surface area contributed by atoms with Gasteiger partial charge >= 0.3 is 5.97 Å². The van der Waals surface area contributed by atoms with Crippen LogP contribution in [0.1, 0.15) is 30.4 Å². The van der Waals surface area contributed by atoms with Gasteiger partial charge in [-0.25, -0.2) is 0 Å². The molecule has 0 radical (unpaired) electrons. The quantitative estimate of drug-likeness (QED) is 0.828. The first-order valence-corrected chi connectivity index (χ1v) is 7.50. The van der Waals surface area contributed by atoms with E-state index >= 15 is 0 Å². The Balaban J connectivity index is 1.52. The number of benzene rings is 1. The van der Waals surface area contributed by atoms with Gasteiger partial charge in [0.15, 0.2) is 0 Å². The highest BCUT2D eigenvalue weighted by molar-refractivity contribution is 5.73.